The van der Waals surface area contributed by atoms with E-state index < -0.39 is 0 Å². The fourth-order valence-electron chi connectivity index (χ4n) is 2.05. The summed E-state index contributed by atoms with van der Waals surface area (Å²) in [5.41, 5.74) is 1.20. The fourth-order valence-corrected chi connectivity index (χ4v) is 2.46. The largest absolute Gasteiger partial charge is 0.379 e. The number of unbranched alkanes of at least 4 members (excludes halogenated alkanes) is 1. The average Bonchev–Trinajstić information content (AvgIpc) is 2.65. The van der Waals surface area contributed by atoms with Gasteiger partial charge in [0.25, 0.3) is 0 Å². The Morgan fingerprint density at radius 1 is 1.00 bits per heavy atom. The van der Waals surface area contributed by atoms with E-state index in [1.165, 1.54) is 16.9 Å². The highest BCUT2D eigenvalue weighted by molar-refractivity contribution is 7.98. The zero-order chi connectivity index (χ0) is 18.2. The number of benzene rings is 1. The first-order chi connectivity index (χ1) is 12.3. The topological polar surface area (TPSA) is 54.9 Å². The summed E-state index contributed by atoms with van der Waals surface area (Å²) in [7, 11) is 0. The van der Waals surface area contributed by atoms with Gasteiger partial charge in [-0.25, -0.2) is 4.99 Å². The molecule has 1 aromatic carbocycles. The lowest BCUT2D eigenvalue weighted by molar-refractivity contribution is 0.0487. The van der Waals surface area contributed by atoms with Crippen LogP contribution in [-0.2, 0) is 16.0 Å². The van der Waals surface area contributed by atoms with Gasteiger partial charge in [-0.1, -0.05) is 25.5 Å². The van der Waals surface area contributed by atoms with E-state index in [2.05, 4.69) is 60.0 Å². The van der Waals surface area contributed by atoms with Gasteiger partial charge in [0.1, 0.15) is 0 Å². The van der Waals surface area contributed by atoms with Gasteiger partial charge in [0.2, 0.25) is 0 Å². The van der Waals surface area contributed by atoms with Crippen molar-refractivity contribution < 1.29 is 9.47 Å². The summed E-state index contributed by atoms with van der Waals surface area (Å²) in [5, 5.41) is 6.55. The van der Waals surface area contributed by atoms with Gasteiger partial charge in [0.05, 0.1) is 26.4 Å². The highest BCUT2D eigenvalue weighted by atomic mass is 32.2. The zero-order valence-corrected chi connectivity index (χ0v) is 16.7. The molecule has 0 radical (unpaired) electrons. The summed E-state index contributed by atoms with van der Waals surface area (Å²) in [6.45, 7) is 9.23. The molecule has 25 heavy (non-hydrogen) atoms. The molecule has 0 spiro atoms. The zero-order valence-electron chi connectivity index (χ0n) is 15.8. The molecule has 0 unspecified atom stereocenters. The highest BCUT2D eigenvalue weighted by Crippen LogP contribution is 2.15. The van der Waals surface area contributed by atoms with Crippen molar-refractivity contribution in [1.29, 1.82) is 0 Å². The lowest BCUT2D eigenvalue weighted by Gasteiger charge is -2.12. The van der Waals surface area contributed by atoms with Crippen molar-refractivity contribution in [3.8, 4) is 0 Å². The van der Waals surface area contributed by atoms with Crippen molar-refractivity contribution in [2.24, 2.45) is 4.99 Å². The van der Waals surface area contributed by atoms with Gasteiger partial charge in [-0.2, -0.15) is 0 Å². The van der Waals surface area contributed by atoms with Gasteiger partial charge in [-0.3, -0.25) is 0 Å². The Balaban J connectivity index is 2.21. The summed E-state index contributed by atoms with van der Waals surface area (Å²) < 4.78 is 11.0. The Labute approximate surface area is 157 Å². The van der Waals surface area contributed by atoms with Crippen LogP contribution < -0.4 is 10.6 Å². The molecule has 0 saturated heterocycles. The molecule has 0 amide bonds. The molecule has 0 saturated carbocycles. The number of nitrogens with one attached hydrogen (secondary N) is 2. The van der Waals surface area contributed by atoms with Gasteiger partial charge in [-0.15, -0.1) is 11.8 Å². The Kier molecular flexibility index (Phi) is 13.1. The van der Waals surface area contributed by atoms with E-state index >= 15 is 0 Å². The molecule has 1 rings (SSSR count). The van der Waals surface area contributed by atoms with E-state index in [1.807, 2.05) is 0 Å². The van der Waals surface area contributed by atoms with Crippen LogP contribution in [0.25, 0.3) is 0 Å². The van der Waals surface area contributed by atoms with E-state index in [-0.39, 0.29) is 0 Å². The second kappa shape index (κ2) is 15.0. The second-order valence-electron chi connectivity index (χ2n) is 5.55. The van der Waals surface area contributed by atoms with Gasteiger partial charge in [0, 0.05) is 24.6 Å². The van der Waals surface area contributed by atoms with Gasteiger partial charge in [0.15, 0.2) is 5.96 Å². The maximum atomic E-state index is 5.56. The van der Waals surface area contributed by atoms with Crippen LogP contribution in [0.1, 0.15) is 32.3 Å². The summed E-state index contributed by atoms with van der Waals surface area (Å²) >= 11 is 1.75. The molecule has 1 aromatic rings. The fraction of sp³-hybridized carbons (Fsp3) is 0.632. The third-order valence-corrected chi connectivity index (χ3v) is 4.22. The predicted molar refractivity (Wildman–Crippen MR) is 108 cm³/mol. The summed E-state index contributed by atoms with van der Waals surface area (Å²) in [6, 6.07) is 8.51. The Morgan fingerprint density at radius 2 is 1.72 bits per heavy atom. The highest BCUT2D eigenvalue weighted by Gasteiger charge is 1.98. The molecule has 0 bridgehead atoms. The van der Waals surface area contributed by atoms with Gasteiger partial charge >= 0.3 is 0 Å². The van der Waals surface area contributed by atoms with Crippen LogP contribution in [0.15, 0.2) is 34.2 Å². The van der Waals surface area contributed by atoms with Crippen LogP contribution in [0.2, 0.25) is 0 Å². The smallest absolute Gasteiger partial charge is 0.191 e. The first kappa shape index (κ1) is 21.8. The third kappa shape index (κ3) is 11.1. The quantitative estimate of drug-likeness (QED) is 0.242. The van der Waals surface area contributed by atoms with Gasteiger partial charge in [-0.05, 0) is 37.3 Å². The monoisotopic (exact) mass is 367 g/mol. The van der Waals surface area contributed by atoms with Crippen LogP contribution in [0.3, 0.4) is 0 Å². The molecule has 142 valence electrons. The lowest BCUT2D eigenvalue weighted by Crippen LogP contribution is -2.39. The number of hydrogen-bond donors (Lipinski definition) is 2. The first-order valence-electron chi connectivity index (χ1n) is 9.10. The number of thioether (sulfide) groups is 1. The Bertz CT molecular complexity index is 466. The van der Waals surface area contributed by atoms with E-state index in [4.69, 9.17) is 9.47 Å². The molecule has 0 heterocycles. The molecular weight excluding hydrogens is 334 g/mol. The molecule has 5 nitrogen and oxygen atoms in total. The van der Waals surface area contributed by atoms with Crippen LogP contribution in [-0.4, -0.2) is 51.7 Å². The van der Waals surface area contributed by atoms with E-state index in [9.17, 15) is 0 Å². The number of aliphatic imine (C=N–C) groups is 1. The third-order valence-electron chi connectivity index (χ3n) is 3.48. The standard InChI is InChI=1S/C19H33N3O2S/c1-4-6-12-23-14-15-24-13-11-21-19(20-5-2)22-16-17-7-9-18(25-3)10-8-17/h7-10H,4-6,11-16H2,1-3H3,(H2,20,21,22). The normalized spacial score (nSPS) is 11.6. The molecule has 0 fully saturated rings. The minimum Gasteiger partial charge on any atom is -0.379 e. The molecule has 0 aliphatic heterocycles. The van der Waals surface area contributed by atoms with E-state index in [0.29, 0.717) is 26.4 Å². The average molecular weight is 368 g/mol. The molecule has 2 N–H and O–H groups in total. The second-order valence-corrected chi connectivity index (χ2v) is 6.43. The lowest BCUT2D eigenvalue weighted by atomic mass is 10.2. The molecule has 0 aromatic heterocycles. The first-order valence-corrected chi connectivity index (χ1v) is 10.3. The molecule has 0 aliphatic carbocycles. The summed E-state index contributed by atoms with van der Waals surface area (Å²) in [6.07, 6.45) is 4.36. The number of nitrogens with zero attached hydrogens (tertiary/aromatic N) is 1. The molecular formula is C19H33N3O2S. The maximum Gasteiger partial charge on any atom is 0.191 e. The van der Waals surface area contributed by atoms with Crippen LogP contribution in [0.5, 0.6) is 0 Å². The number of guanidine groups is 1. The number of ether oxygens (including phenoxy) is 2. The molecule has 0 atom stereocenters. The minimum atomic E-state index is 0.640. The van der Waals surface area contributed by atoms with E-state index in [0.717, 1.165) is 32.1 Å². The van der Waals surface area contributed by atoms with Crippen molar-refractivity contribution >= 4 is 17.7 Å². The van der Waals surface area contributed by atoms with Crippen molar-refractivity contribution in [3.05, 3.63) is 29.8 Å². The molecule has 6 heteroatoms. The van der Waals surface area contributed by atoms with Crippen LogP contribution >= 0.6 is 11.8 Å². The Hall–Kier alpha value is -1.24. The van der Waals surface area contributed by atoms with Gasteiger partial charge < -0.3 is 20.1 Å². The predicted octanol–water partition coefficient (Wildman–Crippen LogP) is 3.30. The molecule has 0 aliphatic rings. The van der Waals surface area contributed by atoms with Crippen molar-refractivity contribution in [3.63, 3.8) is 0 Å². The van der Waals surface area contributed by atoms with Crippen molar-refractivity contribution in [1.82, 2.24) is 10.6 Å². The minimum absolute atomic E-state index is 0.640. The number of hydrogen-bond acceptors (Lipinski definition) is 4. The summed E-state index contributed by atoms with van der Waals surface area (Å²) in [5.74, 6) is 0.819. The van der Waals surface area contributed by atoms with Crippen molar-refractivity contribution in [2.45, 2.75) is 38.1 Å². The Morgan fingerprint density at radius 3 is 2.36 bits per heavy atom. The summed E-state index contributed by atoms with van der Waals surface area (Å²) in [4.78, 5) is 5.89. The maximum absolute atomic E-state index is 5.56. The van der Waals surface area contributed by atoms with Crippen molar-refractivity contribution in [2.75, 3.05) is 45.8 Å². The van der Waals surface area contributed by atoms with Crippen LogP contribution in [0.4, 0.5) is 0 Å². The number of rotatable bonds is 13. The SMILES string of the molecule is CCCCOCCOCCNC(=NCc1ccc(SC)cc1)NCC. The van der Waals surface area contributed by atoms with Crippen LogP contribution in [0, 0.1) is 0 Å². The van der Waals surface area contributed by atoms with E-state index in [1.54, 1.807) is 11.8 Å².